The van der Waals surface area contributed by atoms with E-state index < -0.39 is 5.97 Å². The van der Waals surface area contributed by atoms with Crippen LogP contribution in [-0.4, -0.2) is 16.7 Å². The quantitative estimate of drug-likeness (QED) is 0.361. The fourth-order valence-electron chi connectivity index (χ4n) is 2.87. The van der Waals surface area contributed by atoms with Gasteiger partial charge in [-0.15, -0.1) is 0 Å². The lowest BCUT2D eigenvalue weighted by atomic mass is 10.1. The van der Waals surface area contributed by atoms with E-state index in [4.69, 9.17) is 21.1 Å². The number of rotatable bonds is 3. The topological polar surface area (TPSA) is 65.5 Å². The summed E-state index contributed by atoms with van der Waals surface area (Å²) in [7, 11) is 0. The lowest BCUT2D eigenvalue weighted by molar-refractivity contribution is 0.0733. The van der Waals surface area contributed by atoms with Crippen LogP contribution in [0, 0.1) is 6.92 Å². The monoisotopic (exact) mass is 391 g/mol. The summed E-state index contributed by atoms with van der Waals surface area (Å²) in [6.45, 7) is 1.74. The van der Waals surface area contributed by atoms with Crippen LogP contribution in [0.25, 0.3) is 6.08 Å². The van der Waals surface area contributed by atoms with Gasteiger partial charge in [0.15, 0.2) is 5.76 Å². The van der Waals surface area contributed by atoms with E-state index in [2.05, 4.69) is 4.98 Å². The van der Waals surface area contributed by atoms with Gasteiger partial charge in [0.25, 0.3) is 0 Å². The van der Waals surface area contributed by atoms with Crippen molar-refractivity contribution in [2.45, 2.75) is 6.92 Å². The lowest BCUT2D eigenvalue weighted by Gasteiger charge is -2.10. The molecular weight excluding hydrogens is 378 g/mol. The maximum absolute atomic E-state index is 12.6. The van der Waals surface area contributed by atoms with Crippen LogP contribution >= 0.6 is 11.6 Å². The van der Waals surface area contributed by atoms with Crippen molar-refractivity contribution >= 4 is 29.4 Å². The van der Waals surface area contributed by atoms with Gasteiger partial charge in [-0.05, 0) is 55.0 Å². The molecule has 1 aliphatic heterocycles. The van der Waals surface area contributed by atoms with E-state index in [0.29, 0.717) is 33.2 Å². The van der Waals surface area contributed by atoms with Gasteiger partial charge in [-0.3, -0.25) is 9.78 Å². The molecule has 0 aliphatic carbocycles. The molecule has 0 amide bonds. The maximum atomic E-state index is 12.6. The minimum atomic E-state index is -0.541. The smallest absolute Gasteiger partial charge is 0.343 e. The summed E-state index contributed by atoms with van der Waals surface area (Å²) in [5, 5.41) is 0.444. The number of hydrogen-bond donors (Lipinski definition) is 0. The summed E-state index contributed by atoms with van der Waals surface area (Å²) in [5.74, 6) is 0.135. The van der Waals surface area contributed by atoms with Crippen LogP contribution in [0.15, 0.2) is 66.7 Å². The summed E-state index contributed by atoms with van der Waals surface area (Å²) in [5.41, 5.74) is 2.08. The van der Waals surface area contributed by atoms with E-state index in [1.807, 2.05) is 6.07 Å². The number of esters is 1. The first-order chi connectivity index (χ1) is 13.5. The summed E-state index contributed by atoms with van der Waals surface area (Å²) in [4.78, 5) is 29.0. The second kappa shape index (κ2) is 7.29. The third-order valence-corrected chi connectivity index (χ3v) is 4.52. The Morgan fingerprint density at radius 3 is 2.79 bits per heavy atom. The van der Waals surface area contributed by atoms with Crippen molar-refractivity contribution in [1.29, 1.82) is 0 Å². The van der Waals surface area contributed by atoms with Gasteiger partial charge in [-0.25, -0.2) is 4.79 Å². The molecule has 28 heavy (non-hydrogen) atoms. The molecule has 1 aromatic heterocycles. The van der Waals surface area contributed by atoms with Gasteiger partial charge in [0.1, 0.15) is 11.5 Å². The second-order valence-electron chi connectivity index (χ2n) is 6.19. The number of fused-ring (bicyclic) bond motifs is 1. The van der Waals surface area contributed by atoms with Crippen molar-refractivity contribution in [3.05, 3.63) is 94.0 Å². The van der Waals surface area contributed by atoms with E-state index in [-0.39, 0.29) is 11.5 Å². The number of halogens is 1. The first-order valence-electron chi connectivity index (χ1n) is 8.48. The van der Waals surface area contributed by atoms with Gasteiger partial charge in [0.05, 0.1) is 11.1 Å². The van der Waals surface area contributed by atoms with Crippen LogP contribution in [0.2, 0.25) is 5.02 Å². The Kier molecular flexibility index (Phi) is 4.67. The molecule has 0 radical (unpaired) electrons. The molecule has 0 unspecified atom stereocenters. The highest BCUT2D eigenvalue weighted by molar-refractivity contribution is 6.30. The summed E-state index contributed by atoms with van der Waals surface area (Å²) in [6.07, 6.45) is 4.92. The van der Waals surface area contributed by atoms with Crippen LogP contribution < -0.4 is 9.47 Å². The zero-order valence-corrected chi connectivity index (χ0v) is 15.6. The highest BCUT2D eigenvalue weighted by atomic mass is 35.5. The molecule has 5 nitrogen and oxygen atoms in total. The maximum Gasteiger partial charge on any atom is 0.343 e. The lowest BCUT2D eigenvalue weighted by Crippen LogP contribution is -2.09. The summed E-state index contributed by atoms with van der Waals surface area (Å²) in [6, 6.07) is 13.3. The molecule has 0 spiro atoms. The van der Waals surface area contributed by atoms with E-state index in [0.717, 1.165) is 5.56 Å². The number of pyridine rings is 1. The Morgan fingerprint density at radius 1 is 1.18 bits per heavy atom. The predicted octanol–water partition coefficient (Wildman–Crippen LogP) is 4.88. The Morgan fingerprint density at radius 2 is 2.04 bits per heavy atom. The van der Waals surface area contributed by atoms with Crippen LogP contribution in [-0.2, 0) is 0 Å². The minimum absolute atomic E-state index is 0.199. The standard InChI is InChI=1S/C22H14ClNO4/c1-13-18(28-22(26)15-5-2-6-16(23)11-15)8-7-17-20(25)19(27-21(13)17)10-14-4-3-9-24-12-14/h2-12H,1H3/b19-10-. The SMILES string of the molecule is Cc1c(OC(=O)c2cccc(Cl)c2)ccc2c1O/C(=C\c1cccnc1)C2=O. The van der Waals surface area contributed by atoms with Crippen molar-refractivity contribution in [1.82, 2.24) is 4.98 Å². The Hall–Kier alpha value is -3.44. The first-order valence-corrected chi connectivity index (χ1v) is 8.86. The van der Waals surface area contributed by atoms with Crippen molar-refractivity contribution in [2.24, 2.45) is 0 Å². The van der Waals surface area contributed by atoms with E-state index >= 15 is 0 Å². The van der Waals surface area contributed by atoms with E-state index in [1.54, 1.807) is 61.8 Å². The highest BCUT2D eigenvalue weighted by Crippen LogP contribution is 2.39. The molecular formula is C22H14ClNO4. The third kappa shape index (κ3) is 3.40. The molecule has 4 rings (SSSR count). The number of hydrogen-bond acceptors (Lipinski definition) is 5. The number of ketones is 1. The first kappa shape index (κ1) is 17.9. The average molecular weight is 392 g/mol. The number of carbonyl (C=O) groups is 2. The third-order valence-electron chi connectivity index (χ3n) is 4.28. The zero-order chi connectivity index (χ0) is 19.7. The fraction of sp³-hybridized carbons (Fsp3) is 0.0455. The van der Waals surface area contributed by atoms with Gasteiger partial charge < -0.3 is 9.47 Å². The molecule has 0 saturated carbocycles. The molecule has 1 aliphatic rings. The molecule has 0 saturated heterocycles. The molecule has 138 valence electrons. The normalized spacial score (nSPS) is 13.9. The number of carbonyl (C=O) groups excluding carboxylic acids is 2. The zero-order valence-electron chi connectivity index (χ0n) is 14.8. The molecule has 2 heterocycles. The fourth-order valence-corrected chi connectivity index (χ4v) is 3.06. The number of allylic oxidation sites excluding steroid dienone is 1. The van der Waals surface area contributed by atoms with Crippen LogP contribution in [0.5, 0.6) is 11.5 Å². The number of aromatic nitrogens is 1. The molecule has 0 bridgehead atoms. The van der Waals surface area contributed by atoms with Crippen molar-refractivity contribution < 1.29 is 19.1 Å². The molecule has 0 N–H and O–H groups in total. The van der Waals surface area contributed by atoms with E-state index in [1.165, 1.54) is 6.07 Å². The predicted molar refractivity (Wildman–Crippen MR) is 105 cm³/mol. The number of Topliss-reactive ketones (excluding diaryl/α,β-unsaturated/α-hetero) is 1. The average Bonchev–Trinajstić information content (AvgIpc) is 3.01. The van der Waals surface area contributed by atoms with Crippen LogP contribution in [0.3, 0.4) is 0 Å². The number of ether oxygens (including phenoxy) is 2. The van der Waals surface area contributed by atoms with Crippen LogP contribution in [0.1, 0.15) is 31.8 Å². The molecule has 2 aromatic carbocycles. The van der Waals surface area contributed by atoms with E-state index in [9.17, 15) is 9.59 Å². The van der Waals surface area contributed by atoms with Gasteiger partial charge >= 0.3 is 5.97 Å². The van der Waals surface area contributed by atoms with Gasteiger partial charge in [0, 0.05) is 23.0 Å². The van der Waals surface area contributed by atoms with Crippen molar-refractivity contribution in [3.63, 3.8) is 0 Å². The molecule has 0 fully saturated rings. The van der Waals surface area contributed by atoms with Crippen LogP contribution in [0.4, 0.5) is 0 Å². The number of nitrogens with zero attached hydrogens (tertiary/aromatic N) is 1. The van der Waals surface area contributed by atoms with Crippen molar-refractivity contribution in [3.8, 4) is 11.5 Å². The largest absolute Gasteiger partial charge is 0.452 e. The summed E-state index contributed by atoms with van der Waals surface area (Å²) >= 11 is 5.92. The second-order valence-corrected chi connectivity index (χ2v) is 6.63. The van der Waals surface area contributed by atoms with Gasteiger partial charge in [-0.1, -0.05) is 23.7 Å². The van der Waals surface area contributed by atoms with Crippen molar-refractivity contribution in [2.75, 3.05) is 0 Å². The van der Waals surface area contributed by atoms with Gasteiger partial charge in [-0.2, -0.15) is 0 Å². The Labute approximate surface area is 166 Å². The van der Waals surface area contributed by atoms with Gasteiger partial charge in [0.2, 0.25) is 5.78 Å². The molecule has 6 heteroatoms. The molecule has 0 atom stereocenters. The summed E-state index contributed by atoms with van der Waals surface area (Å²) < 4.78 is 11.3. The Balaban J connectivity index is 1.62. The minimum Gasteiger partial charge on any atom is -0.452 e. The molecule has 3 aromatic rings. The number of benzene rings is 2. The Bertz CT molecular complexity index is 1120. The highest BCUT2D eigenvalue weighted by Gasteiger charge is 2.30.